The Kier molecular flexibility index (Phi) is 3.85. The average Bonchev–Trinajstić information content (AvgIpc) is 1.63. The van der Waals surface area contributed by atoms with Gasteiger partial charge in [0.05, 0.1) is 5.76 Å². The summed E-state index contributed by atoms with van der Waals surface area (Å²) in [5, 5.41) is 8.78. The summed E-state index contributed by atoms with van der Waals surface area (Å²) in [6, 6.07) is 0. The van der Waals surface area contributed by atoms with Crippen molar-refractivity contribution in [2.45, 2.75) is 20.3 Å². The first-order valence-electron chi connectivity index (χ1n) is 3.15. The Morgan fingerprint density at radius 2 is 2.33 bits per heavy atom. The fraction of sp³-hybridized carbons (Fsp3) is 0.500. The zero-order chi connectivity index (χ0) is 7.28. The van der Waals surface area contributed by atoms with Crippen LogP contribution in [0, 0.1) is 5.92 Å². The summed E-state index contributed by atoms with van der Waals surface area (Å²) in [5.74, 6) is 0.803. The summed E-state index contributed by atoms with van der Waals surface area (Å²) in [5.41, 5.74) is 0. The second kappa shape index (κ2) is 4.19. The van der Waals surface area contributed by atoms with E-state index in [-0.39, 0.29) is 0 Å². The van der Waals surface area contributed by atoms with Gasteiger partial charge in [-0.05, 0) is 25.3 Å². The molecule has 0 saturated heterocycles. The number of rotatable bonds is 3. The number of allylic oxidation sites excluding steroid dienone is 3. The van der Waals surface area contributed by atoms with Crippen molar-refractivity contribution in [3.63, 3.8) is 0 Å². The van der Waals surface area contributed by atoms with Gasteiger partial charge in [0.1, 0.15) is 0 Å². The largest absolute Gasteiger partial charge is 0.513 e. The molecule has 0 heterocycles. The molecule has 1 atom stereocenters. The van der Waals surface area contributed by atoms with Crippen molar-refractivity contribution in [1.29, 1.82) is 0 Å². The molecule has 0 bridgehead atoms. The molecule has 1 heteroatoms. The van der Waals surface area contributed by atoms with Gasteiger partial charge in [0.2, 0.25) is 0 Å². The molecule has 1 nitrogen and oxygen atoms in total. The van der Waals surface area contributed by atoms with E-state index in [9.17, 15) is 0 Å². The highest BCUT2D eigenvalue weighted by Gasteiger charge is 1.92. The lowest BCUT2D eigenvalue weighted by Crippen LogP contribution is -1.87. The summed E-state index contributed by atoms with van der Waals surface area (Å²) in [6.07, 6.45) is 4.60. The van der Waals surface area contributed by atoms with Crippen LogP contribution in [0.1, 0.15) is 20.3 Å². The molecule has 0 aliphatic heterocycles. The molecular weight excluding hydrogens is 112 g/mol. The summed E-state index contributed by atoms with van der Waals surface area (Å²) in [7, 11) is 0. The van der Waals surface area contributed by atoms with Crippen LogP contribution in [0.15, 0.2) is 24.5 Å². The fourth-order valence-electron chi connectivity index (χ4n) is 0.743. The molecule has 0 fully saturated rings. The molecule has 0 aromatic carbocycles. The van der Waals surface area contributed by atoms with E-state index < -0.39 is 0 Å². The molecule has 0 rings (SSSR count). The third kappa shape index (κ3) is 5.15. The van der Waals surface area contributed by atoms with Crippen LogP contribution in [0.5, 0.6) is 0 Å². The first kappa shape index (κ1) is 8.28. The van der Waals surface area contributed by atoms with Crippen LogP contribution in [0.25, 0.3) is 0 Å². The number of hydrogen-bond acceptors (Lipinski definition) is 1. The van der Waals surface area contributed by atoms with Gasteiger partial charge in [-0.15, -0.1) is 6.58 Å². The average molecular weight is 126 g/mol. The van der Waals surface area contributed by atoms with Crippen molar-refractivity contribution in [2.75, 3.05) is 0 Å². The molecule has 9 heavy (non-hydrogen) atoms. The molecule has 1 N–H and O–H groups in total. The highest BCUT2D eigenvalue weighted by molar-refractivity contribution is 4.92. The first-order chi connectivity index (χ1) is 4.16. The second-order valence-electron chi connectivity index (χ2n) is 2.31. The SMILES string of the molecule is C=CCC(C)/C=C(\C)O. The Hall–Kier alpha value is -0.720. The normalized spacial score (nSPS) is 15.1. The van der Waals surface area contributed by atoms with Crippen LogP contribution in [0.4, 0.5) is 0 Å². The lowest BCUT2D eigenvalue weighted by molar-refractivity contribution is 0.406. The van der Waals surface area contributed by atoms with E-state index in [2.05, 4.69) is 6.58 Å². The van der Waals surface area contributed by atoms with Gasteiger partial charge in [-0.3, -0.25) is 0 Å². The Morgan fingerprint density at radius 3 is 2.67 bits per heavy atom. The van der Waals surface area contributed by atoms with Crippen LogP contribution in [0.2, 0.25) is 0 Å². The third-order valence-electron chi connectivity index (χ3n) is 1.06. The van der Waals surface area contributed by atoms with Crippen molar-refractivity contribution < 1.29 is 5.11 Å². The standard InChI is InChI=1S/C8H14O/c1-4-5-7(2)6-8(3)9/h4,6-7,9H,1,5H2,2-3H3/b8-6+. The van der Waals surface area contributed by atoms with Crippen molar-refractivity contribution in [2.24, 2.45) is 5.92 Å². The molecule has 0 aromatic heterocycles. The van der Waals surface area contributed by atoms with E-state index in [0.29, 0.717) is 11.7 Å². The van der Waals surface area contributed by atoms with Gasteiger partial charge in [0, 0.05) is 0 Å². The predicted octanol–water partition coefficient (Wildman–Crippen LogP) is 2.66. The summed E-state index contributed by atoms with van der Waals surface area (Å²) in [6.45, 7) is 7.32. The molecule has 0 aromatic rings. The van der Waals surface area contributed by atoms with Crippen molar-refractivity contribution >= 4 is 0 Å². The van der Waals surface area contributed by atoms with E-state index in [1.54, 1.807) is 6.92 Å². The van der Waals surface area contributed by atoms with Gasteiger partial charge in [-0.1, -0.05) is 13.0 Å². The minimum absolute atomic E-state index is 0.393. The van der Waals surface area contributed by atoms with Gasteiger partial charge in [0.15, 0.2) is 0 Å². The first-order valence-corrected chi connectivity index (χ1v) is 3.15. The highest BCUT2D eigenvalue weighted by Crippen LogP contribution is 2.05. The van der Waals surface area contributed by atoms with E-state index in [4.69, 9.17) is 5.11 Å². The quantitative estimate of drug-likeness (QED) is 0.455. The minimum atomic E-state index is 0.393. The van der Waals surface area contributed by atoms with Crippen LogP contribution in [-0.4, -0.2) is 5.11 Å². The predicted molar refractivity (Wildman–Crippen MR) is 40.4 cm³/mol. The Bertz CT molecular complexity index is 110. The Morgan fingerprint density at radius 1 is 1.78 bits per heavy atom. The number of aliphatic hydroxyl groups excluding tert-OH is 1. The molecule has 0 aliphatic rings. The van der Waals surface area contributed by atoms with Crippen LogP contribution in [0.3, 0.4) is 0 Å². The van der Waals surface area contributed by atoms with Gasteiger partial charge in [-0.25, -0.2) is 0 Å². The Balaban J connectivity index is 3.61. The molecular formula is C8H14O. The zero-order valence-corrected chi connectivity index (χ0v) is 6.09. The molecule has 1 unspecified atom stereocenters. The van der Waals surface area contributed by atoms with Gasteiger partial charge < -0.3 is 5.11 Å². The van der Waals surface area contributed by atoms with E-state index in [0.717, 1.165) is 6.42 Å². The second-order valence-corrected chi connectivity index (χ2v) is 2.31. The lowest BCUT2D eigenvalue weighted by Gasteiger charge is -1.99. The van der Waals surface area contributed by atoms with Crippen molar-refractivity contribution in [1.82, 2.24) is 0 Å². The molecule has 0 saturated carbocycles. The number of aliphatic hydroxyl groups is 1. The van der Waals surface area contributed by atoms with Gasteiger partial charge in [-0.2, -0.15) is 0 Å². The maximum atomic E-state index is 8.78. The van der Waals surface area contributed by atoms with Gasteiger partial charge >= 0.3 is 0 Å². The topological polar surface area (TPSA) is 20.2 Å². The van der Waals surface area contributed by atoms with E-state index in [1.165, 1.54) is 0 Å². The third-order valence-corrected chi connectivity index (χ3v) is 1.06. The molecule has 0 radical (unpaired) electrons. The van der Waals surface area contributed by atoms with Crippen molar-refractivity contribution in [3.8, 4) is 0 Å². The minimum Gasteiger partial charge on any atom is -0.513 e. The Labute approximate surface area is 56.7 Å². The van der Waals surface area contributed by atoms with Crippen LogP contribution < -0.4 is 0 Å². The molecule has 0 spiro atoms. The summed E-state index contributed by atoms with van der Waals surface area (Å²) < 4.78 is 0. The maximum Gasteiger partial charge on any atom is 0.0854 e. The fourth-order valence-corrected chi connectivity index (χ4v) is 0.743. The summed E-state index contributed by atoms with van der Waals surface area (Å²) >= 11 is 0. The van der Waals surface area contributed by atoms with E-state index >= 15 is 0 Å². The molecule has 52 valence electrons. The van der Waals surface area contributed by atoms with Gasteiger partial charge in [0.25, 0.3) is 0 Å². The zero-order valence-electron chi connectivity index (χ0n) is 6.09. The highest BCUT2D eigenvalue weighted by atomic mass is 16.3. The van der Waals surface area contributed by atoms with Crippen molar-refractivity contribution in [3.05, 3.63) is 24.5 Å². The monoisotopic (exact) mass is 126 g/mol. The molecule has 0 amide bonds. The van der Waals surface area contributed by atoms with Crippen LogP contribution in [-0.2, 0) is 0 Å². The number of hydrogen-bond donors (Lipinski definition) is 1. The van der Waals surface area contributed by atoms with E-state index in [1.807, 2.05) is 19.1 Å². The molecule has 0 aliphatic carbocycles. The van der Waals surface area contributed by atoms with Crippen LogP contribution >= 0.6 is 0 Å². The lowest BCUT2D eigenvalue weighted by atomic mass is 10.1. The smallest absolute Gasteiger partial charge is 0.0854 e. The maximum absolute atomic E-state index is 8.78. The summed E-state index contributed by atoms with van der Waals surface area (Å²) in [4.78, 5) is 0.